The largest absolute Gasteiger partial charge is 0.512 e. The third-order valence-electron chi connectivity index (χ3n) is 4.03. The molecule has 0 amide bonds. The summed E-state index contributed by atoms with van der Waals surface area (Å²) in [6.45, 7) is 1.94. The molecule has 6 atom stereocenters. The molecular formula is C14H21IO5. The highest BCUT2D eigenvalue weighted by atomic mass is 127. The Kier molecular flexibility index (Phi) is 5.33. The molecular weight excluding hydrogens is 375 g/mol. The zero-order valence-corrected chi connectivity index (χ0v) is 13.5. The molecule has 1 saturated carbocycles. The van der Waals surface area contributed by atoms with Gasteiger partial charge in [-0.1, -0.05) is 29.5 Å². The number of allylic oxidation sites excluding steroid dienone is 4. The molecule has 0 aromatic carbocycles. The standard InChI is InChI=1S/C14H21IO5/c1-7-4-9(16)2-3-10(7)20-11-5-8(6-15)12(17)14(19)13(11)18/h2-3,7-8,11-14,16-19H,4-6H2,1H3. The summed E-state index contributed by atoms with van der Waals surface area (Å²) in [6, 6.07) is 0. The van der Waals surface area contributed by atoms with Gasteiger partial charge in [-0.25, -0.2) is 0 Å². The maximum atomic E-state index is 10.1. The Bertz CT molecular complexity index is 406. The Morgan fingerprint density at radius 1 is 1.20 bits per heavy atom. The Morgan fingerprint density at radius 2 is 1.90 bits per heavy atom. The molecule has 114 valence electrons. The van der Waals surface area contributed by atoms with Gasteiger partial charge in [0.25, 0.3) is 0 Å². The van der Waals surface area contributed by atoms with Crippen LogP contribution in [0.2, 0.25) is 0 Å². The summed E-state index contributed by atoms with van der Waals surface area (Å²) >= 11 is 2.16. The number of aliphatic hydroxyl groups is 4. The molecule has 6 heteroatoms. The molecule has 5 nitrogen and oxygen atoms in total. The lowest BCUT2D eigenvalue weighted by Gasteiger charge is -2.40. The Labute approximate surface area is 132 Å². The molecule has 0 bridgehead atoms. The van der Waals surface area contributed by atoms with Gasteiger partial charge >= 0.3 is 0 Å². The van der Waals surface area contributed by atoms with E-state index in [1.165, 1.54) is 0 Å². The first-order valence-corrected chi connectivity index (χ1v) is 8.33. The highest BCUT2D eigenvalue weighted by Gasteiger charge is 2.43. The third-order valence-corrected chi connectivity index (χ3v) is 5.16. The fourth-order valence-electron chi connectivity index (χ4n) is 2.71. The topological polar surface area (TPSA) is 90.2 Å². The molecule has 20 heavy (non-hydrogen) atoms. The Balaban J connectivity index is 2.08. The van der Waals surface area contributed by atoms with Crippen LogP contribution in [0, 0.1) is 11.8 Å². The van der Waals surface area contributed by atoms with Crippen LogP contribution in [0.3, 0.4) is 0 Å². The zero-order chi connectivity index (χ0) is 14.9. The molecule has 0 spiro atoms. The predicted molar refractivity (Wildman–Crippen MR) is 82.5 cm³/mol. The van der Waals surface area contributed by atoms with Gasteiger partial charge in [0.2, 0.25) is 0 Å². The van der Waals surface area contributed by atoms with Crippen molar-refractivity contribution >= 4 is 22.6 Å². The minimum Gasteiger partial charge on any atom is -0.512 e. The van der Waals surface area contributed by atoms with Crippen LogP contribution in [0.25, 0.3) is 0 Å². The number of aliphatic hydroxyl groups excluding tert-OH is 4. The van der Waals surface area contributed by atoms with E-state index in [1.807, 2.05) is 6.92 Å². The average molecular weight is 396 g/mol. The number of rotatable bonds is 3. The van der Waals surface area contributed by atoms with Crippen molar-refractivity contribution < 1.29 is 25.2 Å². The fraction of sp³-hybridized carbons (Fsp3) is 0.714. The number of alkyl halides is 1. The van der Waals surface area contributed by atoms with E-state index in [-0.39, 0.29) is 11.8 Å². The summed E-state index contributed by atoms with van der Waals surface area (Å²) in [5.41, 5.74) is 0. The van der Waals surface area contributed by atoms with Gasteiger partial charge in [-0.05, 0) is 24.5 Å². The van der Waals surface area contributed by atoms with Crippen LogP contribution in [-0.2, 0) is 4.74 Å². The minimum atomic E-state index is -1.18. The van der Waals surface area contributed by atoms with E-state index < -0.39 is 24.4 Å². The second-order valence-electron chi connectivity index (χ2n) is 5.61. The van der Waals surface area contributed by atoms with Crippen molar-refractivity contribution in [2.75, 3.05) is 4.43 Å². The average Bonchev–Trinajstić information content (AvgIpc) is 2.42. The lowest BCUT2D eigenvalue weighted by molar-refractivity contribution is -0.160. The molecule has 0 aromatic rings. The van der Waals surface area contributed by atoms with Crippen LogP contribution in [0.15, 0.2) is 23.7 Å². The predicted octanol–water partition coefficient (Wildman–Crippen LogP) is 1.27. The summed E-state index contributed by atoms with van der Waals surface area (Å²) in [4.78, 5) is 0. The van der Waals surface area contributed by atoms with E-state index >= 15 is 0 Å². The highest BCUT2D eigenvalue weighted by molar-refractivity contribution is 14.1. The van der Waals surface area contributed by atoms with Crippen molar-refractivity contribution in [1.82, 2.24) is 0 Å². The first kappa shape index (κ1) is 16.1. The van der Waals surface area contributed by atoms with Crippen LogP contribution >= 0.6 is 22.6 Å². The maximum absolute atomic E-state index is 10.1. The third kappa shape index (κ3) is 3.29. The van der Waals surface area contributed by atoms with Crippen LogP contribution in [0.5, 0.6) is 0 Å². The summed E-state index contributed by atoms with van der Waals surface area (Å²) in [6.07, 6.45) is 0.573. The van der Waals surface area contributed by atoms with Crippen LogP contribution in [-0.4, -0.2) is 49.3 Å². The quantitative estimate of drug-likeness (QED) is 0.426. The van der Waals surface area contributed by atoms with Gasteiger partial charge in [0.15, 0.2) is 0 Å². The van der Waals surface area contributed by atoms with Gasteiger partial charge in [0, 0.05) is 16.8 Å². The summed E-state index contributed by atoms with van der Waals surface area (Å²) in [7, 11) is 0. The van der Waals surface area contributed by atoms with E-state index in [9.17, 15) is 20.4 Å². The maximum Gasteiger partial charge on any atom is 0.127 e. The first-order valence-electron chi connectivity index (χ1n) is 6.80. The monoisotopic (exact) mass is 396 g/mol. The molecule has 2 rings (SSSR count). The molecule has 0 saturated heterocycles. The van der Waals surface area contributed by atoms with Gasteiger partial charge in [-0.3, -0.25) is 0 Å². The number of halogens is 1. The Morgan fingerprint density at radius 3 is 2.50 bits per heavy atom. The van der Waals surface area contributed by atoms with Gasteiger partial charge in [-0.2, -0.15) is 0 Å². The van der Waals surface area contributed by atoms with Crippen molar-refractivity contribution in [3.8, 4) is 0 Å². The van der Waals surface area contributed by atoms with Crippen molar-refractivity contribution in [3.05, 3.63) is 23.7 Å². The molecule has 4 N–H and O–H groups in total. The summed E-state index contributed by atoms with van der Waals surface area (Å²) < 4.78 is 6.53. The highest BCUT2D eigenvalue weighted by Crippen LogP contribution is 2.33. The summed E-state index contributed by atoms with van der Waals surface area (Å²) in [5.74, 6) is 0.953. The molecule has 2 aliphatic rings. The van der Waals surface area contributed by atoms with E-state index in [0.29, 0.717) is 28.8 Å². The van der Waals surface area contributed by atoms with Crippen LogP contribution in [0.4, 0.5) is 0 Å². The lowest BCUT2D eigenvalue weighted by atomic mass is 9.81. The molecule has 0 aliphatic heterocycles. The fourth-order valence-corrected chi connectivity index (χ4v) is 3.59. The molecule has 0 heterocycles. The number of hydrogen-bond acceptors (Lipinski definition) is 5. The molecule has 0 aromatic heterocycles. The molecule has 0 radical (unpaired) electrons. The Hall–Kier alpha value is -0.310. The van der Waals surface area contributed by atoms with Crippen molar-refractivity contribution in [2.45, 2.75) is 44.2 Å². The second kappa shape index (κ2) is 6.64. The number of hydrogen-bond donors (Lipinski definition) is 4. The second-order valence-corrected chi connectivity index (χ2v) is 6.49. The number of ether oxygens (including phenoxy) is 1. The summed E-state index contributed by atoms with van der Waals surface area (Å²) in [5, 5.41) is 39.3. The van der Waals surface area contributed by atoms with E-state index in [1.54, 1.807) is 12.2 Å². The van der Waals surface area contributed by atoms with Crippen molar-refractivity contribution in [1.29, 1.82) is 0 Å². The van der Waals surface area contributed by atoms with E-state index in [4.69, 9.17) is 4.74 Å². The van der Waals surface area contributed by atoms with Gasteiger partial charge in [0.05, 0.1) is 17.6 Å². The first-order chi connectivity index (χ1) is 9.43. The zero-order valence-electron chi connectivity index (χ0n) is 11.3. The molecule has 6 unspecified atom stereocenters. The van der Waals surface area contributed by atoms with Gasteiger partial charge in [0.1, 0.15) is 18.3 Å². The normalized spacial score (nSPS) is 41.9. The lowest BCUT2D eigenvalue weighted by Crippen LogP contribution is -2.54. The van der Waals surface area contributed by atoms with Gasteiger partial charge < -0.3 is 25.2 Å². The van der Waals surface area contributed by atoms with Crippen molar-refractivity contribution in [2.24, 2.45) is 11.8 Å². The van der Waals surface area contributed by atoms with Crippen LogP contribution in [0.1, 0.15) is 19.8 Å². The van der Waals surface area contributed by atoms with Crippen LogP contribution < -0.4 is 0 Å². The van der Waals surface area contributed by atoms with Gasteiger partial charge in [-0.15, -0.1) is 0 Å². The molecule has 1 fully saturated rings. The minimum absolute atomic E-state index is 0.0363. The smallest absolute Gasteiger partial charge is 0.127 e. The van der Waals surface area contributed by atoms with E-state index in [0.717, 1.165) is 0 Å². The van der Waals surface area contributed by atoms with E-state index in [2.05, 4.69) is 22.6 Å². The van der Waals surface area contributed by atoms with Crippen molar-refractivity contribution in [3.63, 3.8) is 0 Å². The SMILES string of the molecule is CC1CC(O)=CC=C1OC1CC(CI)C(O)C(O)C1O. The molecule has 2 aliphatic carbocycles.